The smallest absolute Gasteiger partial charge is 0.0468 e. The Balaban J connectivity index is 2.24. The molecule has 0 aromatic heterocycles. The molecule has 1 saturated heterocycles. The van der Waals surface area contributed by atoms with E-state index in [0.717, 1.165) is 25.7 Å². The van der Waals surface area contributed by atoms with Gasteiger partial charge in [-0.15, -0.1) is 0 Å². The van der Waals surface area contributed by atoms with Crippen LogP contribution in [0.15, 0.2) is 0 Å². The van der Waals surface area contributed by atoms with Gasteiger partial charge in [-0.05, 0) is 38.9 Å². The Morgan fingerprint density at radius 2 is 2.08 bits per heavy atom. The van der Waals surface area contributed by atoms with Gasteiger partial charge in [-0.1, -0.05) is 6.92 Å². The lowest BCUT2D eigenvalue weighted by Gasteiger charge is -2.32. The first-order chi connectivity index (χ1) is 6.24. The van der Waals surface area contributed by atoms with Gasteiger partial charge in [-0.25, -0.2) is 0 Å². The van der Waals surface area contributed by atoms with Crippen molar-refractivity contribution in [2.45, 2.75) is 25.8 Å². The van der Waals surface area contributed by atoms with Crippen LogP contribution in [-0.2, 0) is 0 Å². The number of piperidine rings is 1. The molecule has 1 aliphatic heterocycles. The molecule has 0 aromatic rings. The van der Waals surface area contributed by atoms with Crippen LogP contribution in [0.5, 0.6) is 0 Å². The van der Waals surface area contributed by atoms with Crippen LogP contribution >= 0.6 is 0 Å². The lowest BCUT2D eigenvalue weighted by molar-refractivity contribution is 0.143. The Hall–Kier alpha value is -0.120. The van der Waals surface area contributed by atoms with E-state index in [9.17, 15) is 0 Å². The maximum absolute atomic E-state index is 8.94. The van der Waals surface area contributed by atoms with E-state index in [1.807, 2.05) is 0 Å². The van der Waals surface area contributed by atoms with Gasteiger partial charge in [0, 0.05) is 19.2 Å². The molecule has 1 atom stereocenters. The molecule has 0 aliphatic carbocycles. The van der Waals surface area contributed by atoms with Gasteiger partial charge in [-0.2, -0.15) is 0 Å². The van der Waals surface area contributed by atoms with E-state index in [4.69, 9.17) is 5.11 Å². The first kappa shape index (κ1) is 11.0. The normalized spacial score (nSPS) is 22.2. The monoisotopic (exact) mass is 186 g/mol. The van der Waals surface area contributed by atoms with Crippen molar-refractivity contribution in [2.75, 3.05) is 33.3 Å². The molecule has 1 rings (SSSR count). The third-order valence-electron chi connectivity index (χ3n) is 2.84. The van der Waals surface area contributed by atoms with E-state index >= 15 is 0 Å². The van der Waals surface area contributed by atoms with Crippen LogP contribution in [0.1, 0.15) is 19.8 Å². The van der Waals surface area contributed by atoms with Crippen molar-refractivity contribution < 1.29 is 5.11 Å². The van der Waals surface area contributed by atoms with Crippen molar-refractivity contribution in [2.24, 2.45) is 5.92 Å². The molecule has 0 saturated carbocycles. The van der Waals surface area contributed by atoms with Crippen LogP contribution in [0.3, 0.4) is 0 Å². The third-order valence-corrected chi connectivity index (χ3v) is 2.84. The second-order valence-electron chi connectivity index (χ2n) is 4.21. The maximum atomic E-state index is 8.94. The lowest BCUT2D eigenvalue weighted by atomic mass is 10.0. The minimum Gasteiger partial charge on any atom is -0.396 e. The van der Waals surface area contributed by atoms with E-state index < -0.39 is 0 Å². The van der Waals surface area contributed by atoms with Gasteiger partial charge >= 0.3 is 0 Å². The van der Waals surface area contributed by atoms with Crippen LogP contribution < -0.4 is 5.32 Å². The highest BCUT2D eigenvalue weighted by molar-refractivity contribution is 4.76. The molecule has 0 radical (unpaired) electrons. The first-order valence-electron chi connectivity index (χ1n) is 5.26. The zero-order valence-electron chi connectivity index (χ0n) is 8.79. The molecule has 3 heteroatoms. The quantitative estimate of drug-likeness (QED) is 0.663. The van der Waals surface area contributed by atoms with Crippen LogP contribution in [0.4, 0.5) is 0 Å². The Morgan fingerprint density at radius 1 is 1.46 bits per heavy atom. The topological polar surface area (TPSA) is 35.5 Å². The SMILES string of the molecule is CC(CO)CN(C)C1CCNCC1. The van der Waals surface area contributed by atoms with Gasteiger partial charge in [0.15, 0.2) is 0 Å². The molecule has 3 nitrogen and oxygen atoms in total. The summed E-state index contributed by atoms with van der Waals surface area (Å²) in [6.07, 6.45) is 2.49. The number of aliphatic hydroxyl groups is 1. The second-order valence-corrected chi connectivity index (χ2v) is 4.21. The van der Waals surface area contributed by atoms with E-state index in [0.29, 0.717) is 12.5 Å². The van der Waals surface area contributed by atoms with Gasteiger partial charge in [0.25, 0.3) is 0 Å². The molecule has 1 aliphatic rings. The average molecular weight is 186 g/mol. The summed E-state index contributed by atoms with van der Waals surface area (Å²) in [6.45, 7) is 5.69. The summed E-state index contributed by atoms with van der Waals surface area (Å²) in [5, 5.41) is 12.3. The molecule has 1 heterocycles. The lowest BCUT2D eigenvalue weighted by Crippen LogP contribution is -2.43. The summed E-state index contributed by atoms with van der Waals surface area (Å²) < 4.78 is 0. The minimum absolute atomic E-state index is 0.301. The van der Waals surface area contributed by atoms with Crippen molar-refractivity contribution in [1.82, 2.24) is 10.2 Å². The molecule has 78 valence electrons. The van der Waals surface area contributed by atoms with Crippen LogP contribution in [0, 0.1) is 5.92 Å². The Bertz CT molecular complexity index is 135. The Labute approximate surface area is 81.1 Å². The van der Waals surface area contributed by atoms with E-state index in [2.05, 4.69) is 24.2 Å². The molecule has 13 heavy (non-hydrogen) atoms. The van der Waals surface area contributed by atoms with Gasteiger partial charge in [-0.3, -0.25) is 0 Å². The maximum Gasteiger partial charge on any atom is 0.0468 e. The first-order valence-corrected chi connectivity index (χ1v) is 5.26. The van der Waals surface area contributed by atoms with Crippen LogP contribution in [-0.4, -0.2) is 49.3 Å². The molecule has 0 aromatic carbocycles. The van der Waals surface area contributed by atoms with Gasteiger partial charge in [0.05, 0.1) is 0 Å². The van der Waals surface area contributed by atoms with Crippen LogP contribution in [0.2, 0.25) is 0 Å². The zero-order valence-corrected chi connectivity index (χ0v) is 8.79. The van der Waals surface area contributed by atoms with E-state index in [1.165, 1.54) is 12.8 Å². The molecule has 0 amide bonds. The fourth-order valence-electron chi connectivity index (χ4n) is 1.95. The van der Waals surface area contributed by atoms with Gasteiger partial charge < -0.3 is 15.3 Å². The zero-order chi connectivity index (χ0) is 9.68. The highest BCUT2D eigenvalue weighted by Gasteiger charge is 2.18. The summed E-state index contributed by atoms with van der Waals surface area (Å²) >= 11 is 0. The Kier molecular flexibility index (Phi) is 4.70. The molecule has 0 spiro atoms. The second kappa shape index (κ2) is 5.58. The average Bonchev–Trinajstić information content (AvgIpc) is 2.19. The molecule has 2 N–H and O–H groups in total. The molecular weight excluding hydrogens is 164 g/mol. The van der Waals surface area contributed by atoms with Crippen molar-refractivity contribution in [3.8, 4) is 0 Å². The number of nitrogens with zero attached hydrogens (tertiary/aromatic N) is 1. The summed E-state index contributed by atoms with van der Waals surface area (Å²) in [7, 11) is 2.17. The summed E-state index contributed by atoms with van der Waals surface area (Å²) in [5.74, 6) is 0.403. The number of aliphatic hydroxyl groups excluding tert-OH is 1. The van der Waals surface area contributed by atoms with E-state index in [-0.39, 0.29) is 0 Å². The molecule has 0 bridgehead atoms. The van der Waals surface area contributed by atoms with Crippen molar-refractivity contribution in [1.29, 1.82) is 0 Å². The fraction of sp³-hybridized carbons (Fsp3) is 1.00. The van der Waals surface area contributed by atoms with Crippen molar-refractivity contribution >= 4 is 0 Å². The molecule has 1 fully saturated rings. The van der Waals surface area contributed by atoms with Crippen molar-refractivity contribution in [3.63, 3.8) is 0 Å². The van der Waals surface area contributed by atoms with Gasteiger partial charge in [0.2, 0.25) is 0 Å². The Morgan fingerprint density at radius 3 is 2.62 bits per heavy atom. The van der Waals surface area contributed by atoms with E-state index in [1.54, 1.807) is 0 Å². The number of hydrogen-bond donors (Lipinski definition) is 2. The summed E-state index contributed by atoms with van der Waals surface area (Å²) in [4.78, 5) is 2.39. The van der Waals surface area contributed by atoms with Crippen LogP contribution in [0.25, 0.3) is 0 Å². The number of rotatable bonds is 4. The highest BCUT2D eigenvalue weighted by Crippen LogP contribution is 2.11. The summed E-state index contributed by atoms with van der Waals surface area (Å²) in [6, 6.07) is 0.718. The number of nitrogens with one attached hydrogen (secondary N) is 1. The number of hydrogen-bond acceptors (Lipinski definition) is 3. The minimum atomic E-state index is 0.301. The molecular formula is C10H22N2O. The third kappa shape index (κ3) is 3.63. The predicted molar refractivity (Wildman–Crippen MR) is 54.8 cm³/mol. The fourth-order valence-corrected chi connectivity index (χ4v) is 1.95. The van der Waals surface area contributed by atoms with Gasteiger partial charge in [0.1, 0.15) is 0 Å². The highest BCUT2D eigenvalue weighted by atomic mass is 16.3. The summed E-state index contributed by atoms with van der Waals surface area (Å²) in [5.41, 5.74) is 0. The predicted octanol–water partition coefficient (Wildman–Crippen LogP) is 0.299. The standard InChI is InChI=1S/C10H22N2O/c1-9(8-13)7-12(2)10-3-5-11-6-4-10/h9-11,13H,3-8H2,1-2H3. The molecule has 1 unspecified atom stereocenters. The van der Waals surface area contributed by atoms with Crippen molar-refractivity contribution in [3.05, 3.63) is 0 Å². The largest absolute Gasteiger partial charge is 0.396 e.